The van der Waals surface area contributed by atoms with Gasteiger partial charge in [0, 0.05) is 17.0 Å². The molecule has 140 valence electrons. The van der Waals surface area contributed by atoms with Gasteiger partial charge in [-0.25, -0.2) is 4.79 Å². The van der Waals surface area contributed by atoms with E-state index in [4.69, 9.17) is 0 Å². The molecule has 1 heterocycles. The molecule has 0 bridgehead atoms. The summed E-state index contributed by atoms with van der Waals surface area (Å²) in [5.41, 5.74) is 1.68. The van der Waals surface area contributed by atoms with Gasteiger partial charge in [0.15, 0.2) is 0 Å². The van der Waals surface area contributed by atoms with E-state index in [1.54, 1.807) is 6.92 Å². The van der Waals surface area contributed by atoms with Gasteiger partial charge in [0.25, 0.3) is 0 Å². The standard InChI is InChI=1S/C22H23NO4/c1-14-18(21(24)25)17(13-12-15-8-4-2-5-9-15)19(22(26)27)20(23-14)16-10-6-3-7-11-16/h2,4-5,8-9,16-17,19H,3,6-7,10-11H2,1H3,(H,24,25)(H,26,27). The molecule has 5 heteroatoms. The van der Waals surface area contributed by atoms with E-state index in [2.05, 4.69) is 16.8 Å². The van der Waals surface area contributed by atoms with E-state index in [-0.39, 0.29) is 11.5 Å². The molecule has 2 atom stereocenters. The van der Waals surface area contributed by atoms with Crippen molar-refractivity contribution in [2.75, 3.05) is 0 Å². The van der Waals surface area contributed by atoms with Crippen LogP contribution in [-0.4, -0.2) is 27.9 Å². The van der Waals surface area contributed by atoms with Crippen LogP contribution in [0.2, 0.25) is 0 Å². The Balaban J connectivity index is 2.07. The first-order valence-corrected chi connectivity index (χ1v) is 9.31. The first-order valence-electron chi connectivity index (χ1n) is 9.31. The minimum atomic E-state index is -1.16. The SMILES string of the molecule is CC1=C(C(=O)O)C(C#Cc2ccccc2)C(C(=O)O)C(C2CCCCC2)=N1. The quantitative estimate of drug-likeness (QED) is 0.799. The van der Waals surface area contributed by atoms with Crippen molar-refractivity contribution in [1.82, 2.24) is 0 Å². The lowest BCUT2D eigenvalue weighted by atomic mass is 9.72. The molecule has 0 spiro atoms. The van der Waals surface area contributed by atoms with Crippen molar-refractivity contribution in [2.45, 2.75) is 39.0 Å². The van der Waals surface area contributed by atoms with Crippen LogP contribution in [0.3, 0.4) is 0 Å². The number of benzene rings is 1. The number of allylic oxidation sites excluding steroid dienone is 1. The molecule has 0 aromatic heterocycles. The van der Waals surface area contributed by atoms with Crippen LogP contribution in [0.5, 0.6) is 0 Å². The maximum atomic E-state index is 12.1. The van der Waals surface area contributed by atoms with E-state index in [0.717, 1.165) is 37.7 Å². The minimum Gasteiger partial charge on any atom is -0.481 e. The lowest BCUT2D eigenvalue weighted by Crippen LogP contribution is -2.40. The normalized spacial score (nSPS) is 23.2. The van der Waals surface area contributed by atoms with Gasteiger partial charge < -0.3 is 10.2 Å². The van der Waals surface area contributed by atoms with Gasteiger partial charge >= 0.3 is 11.9 Å². The maximum absolute atomic E-state index is 12.1. The molecule has 2 unspecified atom stereocenters. The average molecular weight is 365 g/mol. The van der Waals surface area contributed by atoms with Crippen molar-refractivity contribution in [3.05, 3.63) is 47.2 Å². The summed E-state index contributed by atoms with van der Waals surface area (Å²) in [5, 5.41) is 19.6. The largest absolute Gasteiger partial charge is 0.481 e. The van der Waals surface area contributed by atoms with Crippen LogP contribution in [-0.2, 0) is 9.59 Å². The molecule has 2 N–H and O–H groups in total. The van der Waals surface area contributed by atoms with E-state index in [0.29, 0.717) is 11.4 Å². The summed E-state index contributed by atoms with van der Waals surface area (Å²) in [4.78, 5) is 28.5. The van der Waals surface area contributed by atoms with Crippen molar-refractivity contribution in [1.29, 1.82) is 0 Å². The highest BCUT2D eigenvalue weighted by atomic mass is 16.4. The molecule has 1 aliphatic heterocycles. The predicted molar refractivity (Wildman–Crippen MR) is 102 cm³/mol. The van der Waals surface area contributed by atoms with Gasteiger partial charge in [0.2, 0.25) is 0 Å². The molecule has 1 aromatic rings. The van der Waals surface area contributed by atoms with Gasteiger partial charge in [-0.15, -0.1) is 0 Å². The van der Waals surface area contributed by atoms with Gasteiger partial charge in [0.1, 0.15) is 5.92 Å². The fraction of sp³-hybridized carbons (Fsp3) is 0.409. The van der Waals surface area contributed by atoms with E-state index in [1.165, 1.54) is 0 Å². The molecule has 0 saturated heterocycles. The molecule has 3 rings (SSSR count). The van der Waals surface area contributed by atoms with Gasteiger partial charge in [0.05, 0.1) is 11.5 Å². The van der Waals surface area contributed by atoms with Crippen LogP contribution < -0.4 is 0 Å². The molecule has 1 aliphatic carbocycles. The zero-order valence-electron chi connectivity index (χ0n) is 15.3. The monoisotopic (exact) mass is 365 g/mol. The summed E-state index contributed by atoms with van der Waals surface area (Å²) in [5.74, 6) is 1.87. The van der Waals surface area contributed by atoms with E-state index >= 15 is 0 Å². The zero-order chi connectivity index (χ0) is 19.4. The first-order chi connectivity index (χ1) is 13.0. The molecule has 0 amide bonds. The Hall–Kier alpha value is -2.87. The van der Waals surface area contributed by atoms with E-state index in [1.807, 2.05) is 30.3 Å². The number of carbonyl (C=O) groups is 2. The van der Waals surface area contributed by atoms with Crippen molar-refractivity contribution in [3.8, 4) is 11.8 Å². The van der Waals surface area contributed by atoms with Crippen LogP contribution in [0.4, 0.5) is 0 Å². The average Bonchev–Trinajstić information content (AvgIpc) is 2.66. The fourth-order valence-corrected chi connectivity index (χ4v) is 4.02. The van der Waals surface area contributed by atoms with Gasteiger partial charge in [-0.3, -0.25) is 9.79 Å². The first kappa shape index (κ1) is 18.9. The lowest BCUT2D eigenvalue weighted by molar-refractivity contribution is -0.140. The van der Waals surface area contributed by atoms with Crippen LogP contribution in [0, 0.1) is 29.6 Å². The number of carboxylic acids is 2. The van der Waals surface area contributed by atoms with Crippen LogP contribution >= 0.6 is 0 Å². The Morgan fingerprint density at radius 3 is 2.33 bits per heavy atom. The van der Waals surface area contributed by atoms with Gasteiger partial charge in [-0.1, -0.05) is 49.3 Å². The second-order valence-corrected chi connectivity index (χ2v) is 7.10. The second-order valence-electron chi connectivity index (χ2n) is 7.10. The van der Waals surface area contributed by atoms with Gasteiger partial charge in [-0.05, 0) is 37.8 Å². The highest BCUT2D eigenvalue weighted by Gasteiger charge is 2.43. The molecule has 0 radical (unpaired) electrons. The Morgan fingerprint density at radius 2 is 1.74 bits per heavy atom. The molecular weight excluding hydrogens is 342 g/mol. The molecule has 5 nitrogen and oxygen atoms in total. The fourth-order valence-electron chi connectivity index (χ4n) is 4.02. The molecular formula is C22H23NO4. The zero-order valence-corrected chi connectivity index (χ0v) is 15.3. The number of aliphatic imine (C=N–C) groups is 1. The highest BCUT2D eigenvalue weighted by molar-refractivity contribution is 6.07. The van der Waals surface area contributed by atoms with Crippen molar-refractivity contribution < 1.29 is 19.8 Å². The summed E-state index contributed by atoms with van der Waals surface area (Å²) >= 11 is 0. The van der Waals surface area contributed by atoms with E-state index in [9.17, 15) is 19.8 Å². The summed E-state index contributed by atoms with van der Waals surface area (Å²) in [6, 6.07) is 9.19. The van der Waals surface area contributed by atoms with Crippen LogP contribution in [0.15, 0.2) is 46.6 Å². The molecule has 1 saturated carbocycles. The molecule has 27 heavy (non-hydrogen) atoms. The number of carboxylic acid groups (broad SMARTS) is 2. The molecule has 2 aliphatic rings. The maximum Gasteiger partial charge on any atom is 0.334 e. The molecule has 1 aromatic carbocycles. The van der Waals surface area contributed by atoms with Crippen LogP contribution in [0.1, 0.15) is 44.6 Å². The molecule has 1 fully saturated rings. The third-order valence-corrected chi connectivity index (χ3v) is 5.32. The summed E-state index contributed by atoms with van der Waals surface area (Å²) in [7, 11) is 0. The Kier molecular flexibility index (Phi) is 5.75. The van der Waals surface area contributed by atoms with Gasteiger partial charge in [-0.2, -0.15) is 0 Å². The second kappa shape index (κ2) is 8.22. The number of nitrogens with zero attached hydrogens (tertiary/aromatic N) is 1. The number of rotatable bonds is 3. The highest BCUT2D eigenvalue weighted by Crippen LogP contribution is 2.37. The topological polar surface area (TPSA) is 87.0 Å². The predicted octanol–water partition coefficient (Wildman–Crippen LogP) is 3.75. The third kappa shape index (κ3) is 4.11. The van der Waals surface area contributed by atoms with Crippen LogP contribution in [0.25, 0.3) is 0 Å². The van der Waals surface area contributed by atoms with Crippen molar-refractivity contribution >= 4 is 17.7 Å². The number of hydrogen-bond donors (Lipinski definition) is 2. The minimum absolute atomic E-state index is 0.00890. The number of aliphatic carboxylic acids is 2. The summed E-state index contributed by atoms with van der Waals surface area (Å²) < 4.78 is 0. The van der Waals surface area contributed by atoms with Crippen molar-refractivity contribution in [2.24, 2.45) is 22.7 Å². The number of hydrogen-bond acceptors (Lipinski definition) is 3. The lowest BCUT2D eigenvalue weighted by Gasteiger charge is -2.33. The van der Waals surface area contributed by atoms with Crippen molar-refractivity contribution in [3.63, 3.8) is 0 Å². The summed E-state index contributed by atoms with van der Waals surface area (Å²) in [6.45, 7) is 1.64. The third-order valence-electron chi connectivity index (χ3n) is 5.32. The Labute approximate surface area is 158 Å². The van der Waals surface area contributed by atoms with E-state index < -0.39 is 23.8 Å². The smallest absolute Gasteiger partial charge is 0.334 e. The Bertz CT molecular complexity index is 851. The summed E-state index contributed by atoms with van der Waals surface area (Å²) in [6.07, 6.45) is 5.04. The Morgan fingerprint density at radius 1 is 1.07 bits per heavy atom.